The van der Waals surface area contributed by atoms with E-state index in [1.807, 2.05) is 18.3 Å². The molecule has 0 amide bonds. The van der Waals surface area contributed by atoms with Crippen LogP contribution in [0.2, 0.25) is 0 Å². The third-order valence-electron chi connectivity index (χ3n) is 2.73. The number of nitrogens with zero attached hydrogens (tertiary/aromatic N) is 1. The van der Waals surface area contributed by atoms with Crippen molar-refractivity contribution < 1.29 is 9.53 Å². The van der Waals surface area contributed by atoms with Gasteiger partial charge in [0.25, 0.3) is 0 Å². The highest BCUT2D eigenvalue weighted by atomic mass is 79.9. The molecule has 0 aliphatic heterocycles. The van der Waals surface area contributed by atoms with E-state index in [9.17, 15) is 4.79 Å². The van der Waals surface area contributed by atoms with E-state index in [4.69, 9.17) is 4.74 Å². The number of methoxy groups -OCH3 is 1. The van der Waals surface area contributed by atoms with Crippen LogP contribution < -0.4 is 0 Å². The van der Waals surface area contributed by atoms with Crippen LogP contribution in [-0.4, -0.2) is 23.0 Å². The number of fused-ring (bicyclic) bond motifs is 1. The molecule has 0 atom stereocenters. The maximum Gasteiger partial charge on any atom is 0.337 e. The molecule has 0 aliphatic carbocycles. The van der Waals surface area contributed by atoms with Gasteiger partial charge in [-0.3, -0.25) is 0 Å². The van der Waals surface area contributed by atoms with Crippen molar-refractivity contribution in [3.05, 3.63) is 36.0 Å². The summed E-state index contributed by atoms with van der Waals surface area (Å²) < 4.78 is 6.88. The number of aryl methyl sites for hydroxylation is 1. The first-order valence-electron chi connectivity index (χ1n) is 5.49. The number of ether oxygens (including phenoxy) is 1. The van der Waals surface area contributed by atoms with Crippen molar-refractivity contribution in [1.29, 1.82) is 0 Å². The van der Waals surface area contributed by atoms with Crippen LogP contribution in [0.25, 0.3) is 10.9 Å². The van der Waals surface area contributed by atoms with Crippen molar-refractivity contribution in [1.82, 2.24) is 4.57 Å². The Hall–Kier alpha value is -1.29. The van der Waals surface area contributed by atoms with E-state index in [0.29, 0.717) is 5.56 Å². The maximum atomic E-state index is 11.5. The summed E-state index contributed by atoms with van der Waals surface area (Å²) in [7, 11) is 1.40. The number of halogens is 1. The van der Waals surface area contributed by atoms with Crippen molar-refractivity contribution >= 4 is 32.8 Å². The molecule has 4 heteroatoms. The highest BCUT2D eigenvalue weighted by Gasteiger charge is 2.08. The number of aromatic nitrogens is 1. The SMILES string of the molecule is COC(=O)c1ccc2ccn(CCCBr)c2c1. The zero-order chi connectivity index (χ0) is 12.3. The molecule has 0 unspecified atom stereocenters. The number of alkyl halides is 1. The Bertz CT molecular complexity index is 533. The first-order chi connectivity index (χ1) is 8.26. The second kappa shape index (κ2) is 5.36. The van der Waals surface area contributed by atoms with Crippen LogP contribution in [0.4, 0.5) is 0 Å². The number of benzene rings is 1. The number of hydrogen-bond acceptors (Lipinski definition) is 2. The lowest BCUT2D eigenvalue weighted by atomic mass is 10.1. The molecular weight excluding hydrogens is 282 g/mol. The van der Waals surface area contributed by atoms with Gasteiger partial charge in [-0.05, 0) is 30.0 Å². The summed E-state index contributed by atoms with van der Waals surface area (Å²) >= 11 is 3.42. The van der Waals surface area contributed by atoms with Crippen molar-refractivity contribution in [2.24, 2.45) is 0 Å². The Labute approximate surface area is 108 Å². The summed E-state index contributed by atoms with van der Waals surface area (Å²) in [4.78, 5) is 11.5. The fraction of sp³-hybridized carbons (Fsp3) is 0.308. The fourth-order valence-corrected chi connectivity index (χ4v) is 2.10. The Morgan fingerprint density at radius 2 is 2.24 bits per heavy atom. The highest BCUT2D eigenvalue weighted by Crippen LogP contribution is 2.18. The summed E-state index contributed by atoms with van der Waals surface area (Å²) in [5, 5.41) is 2.12. The van der Waals surface area contributed by atoms with Crippen LogP contribution in [-0.2, 0) is 11.3 Å². The molecule has 0 spiro atoms. The normalized spacial score (nSPS) is 10.7. The standard InChI is InChI=1S/C13H14BrNO2/c1-17-13(16)11-4-3-10-5-8-15(7-2-6-14)12(10)9-11/h3-5,8-9H,2,6-7H2,1H3. The second-order valence-electron chi connectivity index (χ2n) is 3.82. The minimum atomic E-state index is -0.292. The average Bonchev–Trinajstić information content (AvgIpc) is 2.77. The molecule has 0 aliphatic rings. The predicted octanol–water partition coefficient (Wildman–Crippen LogP) is 3.21. The first-order valence-corrected chi connectivity index (χ1v) is 6.61. The summed E-state index contributed by atoms with van der Waals surface area (Å²) in [5.41, 5.74) is 1.67. The van der Waals surface area contributed by atoms with Gasteiger partial charge in [-0.15, -0.1) is 0 Å². The molecule has 0 N–H and O–H groups in total. The molecule has 0 fully saturated rings. The number of esters is 1. The van der Waals surface area contributed by atoms with Gasteiger partial charge < -0.3 is 9.30 Å². The summed E-state index contributed by atoms with van der Waals surface area (Å²) in [6, 6.07) is 7.69. The Morgan fingerprint density at radius 3 is 2.94 bits per heavy atom. The third-order valence-corrected chi connectivity index (χ3v) is 3.29. The maximum absolute atomic E-state index is 11.5. The molecular formula is C13H14BrNO2. The molecule has 1 heterocycles. The number of carbonyl (C=O) groups is 1. The molecule has 0 saturated carbocycles. The minimum absolute atomic E-state index is 0.292. The molecule has 1 aromatic carbocycles. The van der Waals surface area contributed by atoms with Crippen molar-refractivity contribution in [2.45, 2.75) is 13.0 Å². The van der Waals surface area contributed by atoms with Crippen molar-refractivity contribution in [3.8, 4) is 0 Å². The molecule has 2 rings (SSSR count). The largest absolute Gasteiger partial charge is 0.465 e. The van der Waals surface area contributed by atoms with E-state index < -0.39 is 0 Å². The quantitative estimate of drug-likeness (QED) is 0.641. The van der Waals surface area contributed by atoms with E-state index in [-0.39, 0.29) is 5.97 Å². The van der Waals surface area contributed by atoms with E-state index in [1.54, 1.807) is 6.07 Å². The lowest BCUT2D eigenvalue weighted by Gasteiger charge is -2.05. The lowest BCUT2D eigenvalue weighted by Crippen LogP contribution is -2.02. The molecule has 0 radical (unpaired) electrons. The van der Waals surface area contributed by atoms with Gasteiger partial charge in [0, 0.05) is 23.6 Å². The molecule has 0 saturated heterocycles. The van der Waals surface area contributed by atoms with Gasteiger partial charge in [0.05, 0.1) is 12.7 Å². The van der Waals surface area contributed by atoms with Crippen molar-refractivity contribution in [3.63, 3.8) is 0 Å². The van der Waals surface area contributed by atoms with Gasteiger partial charge >= 0.3 is 5.97 Å². The van der Waals surface area contributed by atoms with Crippen LogP contribution in [0, 0.1) is 0 Å². The molecule has 2 aromatic rings. The summed E-state index contributed by atoms with van der Waals surface area (Å²) in [6.45, 7) is 0.944. The minimum Gasteiger partial charge on any atom is -0.465 e. The molecule has 90 valence electrons. The Kier molecular flexibility index (Phi) is 3.84. The van der Waals surface area contributed by atoms with Crippen molar-refractivity contribution in [2.75, 3.05) is 12.4 Å². The van der Waals surface area contributed by atoms with Gasteiger partial charge in [0.2, 0.25) is 0 Å². The average molecular weight is 296 g/mol. The van der Waals surface area contributed by atoms with Crippen LogP contribution in [0.15, 0.2) is 30.5 Å². The topological polar surface area (TPSA) is 31.2 Å². The predicted molar refractivity (Wildman–Crippen MR) is 71.7 cm³/mol. The second-order valence-corrected chi connectivity index (χ2v) is 4.61. The monoisotopic (exact) mass is 295 g/mol. The Balaban J connectivity index is 2.39. The highest BCUT2D eigenvalue weighted by molar-refractivity contribution is 9.09. The third kappa shape index (κ3) is 2.52. The van der Waals surface area contributed by atoms with Gasteiger partial charge in [-0.25, -0.2) is 4.79 Å². The molecule has 3 nitrogen and oxygen atoms in total. The molecule has 0 bridgehead atoms. The number of hydrogen-bond donors (Lipinski definition) is 0. The zero-order valence-corrected chi connectivity index (χ0v) is 11.2. The van der Waals surface area contributed by atoms with E-state index in [0.717, 1.165) is 29.2 Å². The van der Waals surface area contributed by atoms with Crippen LogP contribution >= 0.6 is 15.9 Å². The lowest BCUT2D eigenvalue weighted by molar-refractivity contribution is 0.0601. The van der Waals surface area contributed by atoms with Gasteiger partial charge in [0.15, 0.2) is 0 Å². The van der Waals surface area contributed by atoms with Gasteiger partial charge in [-0.1, -0.05) is 22.0 Å². The van der Waals surface area contributed by atoms with E-state index in [2.05, 4.69) is 26.6 Å². The Morgan fingerprint density at radius 1 is 1.41 bits per heavy atom. The number of rotatable bonds is 4. The smallest absolute Gasteiger partial charge is 0.337 e. The first kappa shape index (κ1) is 12.2. The van der Waals surface area contributed by atoms with E-state index in [1.165, 1.54) is 7.11 Å². The molecule has 17 heavy (non-hydrogen) atoms. The summed E-state index contributed by atoms with van der Waals surface area (Å²) in [6.07, 6.45) is 3.11. The molecule has 1 aromatic heterocycles. The zero-order valence-electron chi connectivity index (χ0n) is 9.65. The van der Waals surface area contributed by atoms with Crippen LogP contribution in [0.3, 0.4) is 0 Å². The summed E-state index contributed by atoms with van der Waals surface area (Å²) in [5.74, 6) is -0.292. The van der Waals surface area contributed by atoms with Gasteiger partial charge in [0.1, 0.15) is 0 Å². The van der Waals surface area contributed by atoms with E-state index >= 15 is 0 Å². The van der Waals surface area contributed by atoms with Crippen LogP contribution in [0.1, 0.15) is 16.8 Å². The van der Waals surface area contributed by atoms with Crippen LogP contribution in [0.5, 0.6) is 0 Å². The number of carbonyl (C=O) groups excluding carboxylic acids is 1. The van der Waals surface area contributed by atoms with Gasteiger partial charge in [-0.2, -0.15) is 0 Å². The fourth-order valence-electron chi connectivity index (χ4n) is 1.85.